The Hall–Kier alpha value is -1.22. The van der Waals surface area contributed by atoms with E-state index < -0.39 is 0 Å². The Morgan fingerprint density at radius 1 is 1.13 bits per heavy atom. The maximum Gasteiger partial charge on any atom is 0.338 e. The lowest BCUT2D eigenvalue weighted by molar-refractivity contribution is 0.0428. The molecule has 0 bridgehead atoms. The van der Waals surface area contributed by atoms with Crippen molar-refractivity contribution in [1.82, 2.24) is 0 Å². The second-order valence-electron chi connectivity index (χ2n) is 5.78. The predicted octanol–water partition coefficient (Wildman–Crippen LogP) is 5.46. The van der Waals surface area contributed by atoms with E-state index >= 15 is 0 Å². The number of esters is 1. The fourth-order valence-electron chi connectivity index (χ4n) is 2.25. The molecule has 0 fully saturated rings. The standard InChI is InChI=1S/C19H29ClO3/c1-3-5-8-16(4-2)15-23-19(21)17-9-11-18(12-10-17)22-14-7-6-13-20/h9-12,16H,3-8,13-15H2,1-2H3. The third-order valence-electron chi connectivity index (χ3n) is 3.88. The first-order valence-corrected chi connectivity index (χ1v) is 9.20. The van der Waals surface area contributed by atoms with Gasteiger partial charge < -0.3 is 9.47 Å². The SMILES string of the molecule is CCCCC(CC)COC(=O)c1ccc(OCCCCCl)cc1. The van der Waals surface area contributed by atoms with Gasteiger partial charge in [0.15, 0.2) is 0 Å². The highest BCUT2D eigenvalue weighted by Gasteiger charge is 2.12. The highest BCUT2D eigenvalue weighted by molar-refractivity contribution is 6.17. The van der Waals surface area contributed by atoms with Gasteiger partial charge >= 0.3 is 5.97 Å². The van der Waals surface area contributed by atoms with Crippen LogP contribution < -0.4 is 4.74 Å². The average Bonchev–Trinajstić information content (AvgIpc) is 2.59. The van der Waals surface area contributed by atoms with Crippen LogP contribution in [0.3, 0.4) is 0 Å². The quantitative estimate of drug-likeness (QED) is 0.288. The summed E-state index contributed by atoms with van der Waals surface area (Å²) in [7, 11) is 0. The highest BCUT2D eigenvalue weighted by Crippen LogP contribution is 2.16. The molecule has 4 heteroatoms. The van der Waals surface area contributed by atoms with Crippen LogP contribution in [0.1, 0.15) is 62.7 Å². The van der Waals surface area contributed by atoms with E-state index in [2.05, 4.69) is 13.8 Å². The molecule has 0 saturated carbocycles. The van der Waals surface area contributed by atoms with Crippen molar-refractivity contribution in [2.24, 2.45) is 5.92 Å². The summed E-state index contributed by atoms with van der Waals surface area (Å²) in [5.41, 5.74) is 0.573. The predicted molar refractivity (Wildman–Crippen MR) is 95.5 cm³/mol. The lowest BCUT2D eigenvalue weighted by Gasteiger charge is -2.14. The van der Waals surface area contributed by atoms with Crippen molar-refractivity contribution in [2.45, 2.75) is 52.4 Å². The smallest absolute Gasteiger partial charge is 0.338 e. The topological polar surface area (TPSA) is 35.5 Å². The first kappa shape index (κ1) is 19.8. The molecule has 3 nitrogen and oxygen atoms in total. The molecule has 1 rings (SSSR count). The molecule has 0 aliphatic carbocycles. The number of rotatable bonds is 12. The van der Waals surface area contributed by atoms with Crippen LogP contribution >= 0.6 is 11.6 Å². The van der Waals surface area contributed by atoms with Gasteiger partial charge in [0, 0.05) is 5.88 Å². The van der Waals surface area contributed by atoms with Crippen LogP contribution in [0.2, 0.25) is 0 Å². The summed E-state index contributed by atoms with van der Waals surface area (Å²) in [6, 6.07) is 7.13. The monoisotopic (exact) mass is 340 g/mol. The van der Waals surface area contributed by atoms with E-state index in [0.717, 1.165) is 31.4 Å². The molecule has 0 radical (unpaired) electrons. The Kier molecular flexibility index (Phi) is 10.5. The van der Waals surface area contributed by atoms with E-state index in [9.17, 15) is 4.79 Å². The second kappa shape index (κ2) is 12.2. The van der Waals surface area contributed by atoms with Gasteiger partial charge in [-0.25, -0.2) is 4.79 Å². The largest absolute Gasteiger partial charge is 0.494 e. The number of hydrogen-bond acceptors (Lipinski definition) is 3. The van der Waals surface area contributed by atoms with Gasteiger partial charge in [-0.1, -0.05) is 33.1 Å². The molecule has 0 spiro atoms. The number of ether oxygens (including phenoxy) is 2. The highest BCUT2D eigenvalue weighted by atomic mass is 35.5. The van der Waals surface area contributed by atoms with Gasteiger partial charge in [0.25, 0.3) is 0 Å². The maximum absolute atomic E-state index is 12.1. The maximum atomic E-state index is 12.1. The van der Waals surface area contributed by atoms with Gasteiger partial charge in [-0.2, -0.15) is 0 Å². The van der Waals surface area contributed by atoms with Crippen molar-refractivity contribution in [1.29, 1.82) is 0 Å². The molecule has 23 heavy (non-hydrogen) atoms. The Morgan fingerprint density at radius 3 is 2.48 bits per heavy atom. The molecular weight excluding hydrogens is 312 g/mol. The first-order valence-electron chi connectivity index (χ1n) is 8.67. The van der Waals surface area contributed by atoms with Crippen molar-refractivity contribution >= 4 is 17.6 Å². The molecule has 0 aliphatic heterocycles. The summed E-state index contributed by atoms with van der Waals surface area (Å²) in [5, 5.41) is 0. The molecule has 0 amide bonds. The average molecular weight is 341 g/mol. The molecule has 130 valence electrons. The van der Waals surface area contributed by atoms with Gasteiger partial charge in [0.1, 0.15) is 5.75 Å². The van der Waals surface area contributed by atoms with Crippen LogP contribution in [0.5, 0.6) is 5.75 Å². The normalized spacial score (nSPS) is 12.0. The number of unbranched alkanes of at least 4 members (excludes halogenated alkanes) is 2. The summed E-state index contributed by atoms with van der Waals surface area (Å²) in [6.07, 6.45) is 6.41. The van der Waals surface area contributed by atoms with E-state index in [1.54, 1.807) is 12.1 Å². The molecule has 0 heterocycles. The van der Waals surface area contributed by atoms with Crippen molar-refractivity contribution in [3.63, 3.8) is 0 Å². The number of carbonyl (C=O) groups is 1. The Labute approximate surface area is 145 Å². The van der Waals surface area contributed by atoms with E-state index in [0.29, 0.717) is 30.6 Å². The van der Waals surface area contributed by atoms with Crippen LogP contribution in [0.15, 0.2) is 24.3 Å². The molecular formula is C19H29ClO3. The summed E-state index contributed by atoms with van der Waals surface area (Å²) in [6.45, 7) is 5.47. The van der Waals surface area contributed by atoms with Crippen LogP contribution in [-0.2, 0) is 4.74 Å². The number of carbonyl (C=O) groups excluding carboxylic acids is 1. The zero-order valence-corrected chi connectivity index (χ0v) is 15.1. The van der Waals surface area contributed by atoms with Crippen molar-refractivity contribution < 1.29 is 14.3 Å². The molecule has 0 aliphatic rings. The van der Waals surface area contributed by atoms with E-state index in [1.165, 1.54) is 12.8 Å². The number of hydrogen-bond donors (Lipinski definition) is 0. The molecule has 0 aromatic heterocycles. The zero-order valence-electron chi connectivity index (χ0n) is 14.4. The van der Waals surface area contributed by atoms with E-state index in [-0.39, 0.29) is 5.97 Å². The summed E-state index contributed by atoms with van der Waals surface area (Å²) in [5.74, 6) is 1.63. The van der Waals surface area contributed by atoms with E-state index in [1.807, 2.05) is 12.1 Å². The van der Waals surface area contributed by atoms with Gasteiger partial charge in [-0.05, 0) is 49.4 Å². The van der Waals surface area contributed by atoms with Gasteiger partial charge in [0.2, 0.25) is 0 Å². The van der Waals surface area contributed by atoms with Gasteiger partial charge in [-0.15, -0.1) is 11.6 Å². The molecule has 0 N–H and O–H groups in total. The lowest BCUT2D eigenvalue weighted by atomic mass is 10.0. The number of alkyl halides is 1. The van der Waals surface area contributed by atoms with Crippen LogP contribution in [0, 0.1) is 5.92 Å². The molecule has 0 saturated heterocycles. The molecule has 1 atom stereocenters. The molecule has 1 aromatic rings. The third-order valence-corrected chi connectivity index (χ3v) is 4.15. The Balaban J connectivity index is 2.38. The molecule has 1 unspecified atom stereocenters. The number of benzene rings is 1. The second-order valence-corrected chi connectivity index (χ2v) is 6.16. The Morgan fingerprint density at radius 2 is 1.87 bits per heavy atom. The summed E-state index contributed by atoms with van der Waals surface area (Å²) >= 11 is 5.62. The third kappa shape index (κ3) is 8.26. The fraction of sp³-hybridized carbons (Fsp3) is 0.632. The minimum Gasteiger partial charge on any atom is -0.494 e. The Bertz CT molecular complexity index is 431. The minimum absolute atomic E-state index is 0.256. The fourth-order valence-corrected chi connectivity index (χ4v) is 2.44. The van der Waals surface area contributed by atoms with Crippen LogP contribution in [0.4, 0.5) is 0 Å². The number of halogens is 1. The van der Waals surface area contributed by atoms with Gasteiger partial charge in [-0.3, -0.25) is 0 Å². The first-order chi connectivity index (χ1) is 11.2. The lowest BCUT2D eigenvalue weighted by Crippen LogP contribution is -2.14. The van der Waals surface area contributed by atoms with Gasteiger partial charge in [0.05, 0.1) is 18.8 Å². The van der Waals surface area contributed by atoms with Crippen LogP contribution in [-0.4, -0.2) is 25.1 Å². The summed E-state index contributed by atoms with van der Waals surface area (Å²) in [4.78, 5) is 12.1. The molecule has 1 aromatic carbocycles. The van der Waals surface area contributed by atoms with Crippen molar-refractivity contribution in [3.8, 4) is 5.75 Å². The van der Waals surface area contributed by atoms with E-state index in [4.69, 9.17) is 21.1 Å². The summed E-state index contributed by atoms with van der Waals surface area (Å²) < 4.78 is 11.0. The minimum atomic E-state index is -0.256. The van der Waals surface area contributed by atoms with Crippen LogP contribution in [0.25, 0.3) is 0 Å². The van der Waals surface area contributed by atoms with Crippen molar-refractivity contribution in [2.75, 3.05) is 19.1 Å². The van der Waals surface area contributed by atoms with Crippen molar-refractivity contribution in [3.05, 3.63) is 29.8 Å². The zero-order chi connectivity index (χ0) is 16.9.